The third-order valence-electron chi connectivity index (χ3n) is 2.28. The molecule has 0 spiro atoms. The van der Waals surface area contributed by atoms with Crippen LogP contribution in [-0.4, -0.2) is 11.5 Å². The number of nitrogens with one attached hydrogen (secondary N) is 1. The largest absolute Gasteiger partial charge is 0.389 e. The molecule has 0 saturated heterocycles. The molecule has 0 bridgehead atoms. The van der Waals surface area contributed by atoms with Crippen molar-refractivity contribution in [2.45, 2.75) is 20.3 Å². The molecule has 0 amide bonds. The lowest BCUT2D eigenvalue weighted by Gasteiger charge is -2.12. The van der Waals surface area contributed by atoms with Crippen LogP contribution in [0.25, 0.3) is 0 Å². The molecule has 88 valence electrons. The molecule has 3 N–H and O–H groups in total. The van der Waals surface area contributed by atoms with Crippen molar-refractivity contribution in [1.82, 2.24) is 0 Å². The third kappa shape index (κ3) is 4.10. The topological polar surface area (TPSA) is 38.0 Å². The van der Waals surface area contributed by atoms with E-state index in [-0.39, 0.29) is 0 Å². The summed E-state index contributed by atoms with van der Waals surface area (Å²) in [6.45, 7) is 5.35. The molecule has 0 heterocycles. The van der Waals surface area contributed by atoms with Crippen LogP contribution in [0.15, 0.2) is 22.7 Å². The summed E-state index contributed by atoms with van der Waals surface area (Å²) >= 11 is 8.44. The Kier molecular flexibility index (Phi) is 5.22. The van der Waals surface area contributed by atoms with E-state index in [0.717, 1.165) is 28.7 Å². The Bertz CT molecular complexity index is 377. The molecule has 4 heteroatoms. The molecule has 0 fully saturated rings. The monoisotopic (exact) mass is 300 g/mol. The number of rotatable bonds is 5. The highest BCUT2D eigenvalue weighted by Crippen LogP contribution is 2.21. The lowest BCUT2D eigenvalue weighted by atomic mass is 10.1. The Morgan fingerprint density at radius 1 is 1.50 bits per heavy atom. The average Bonchev–Trinajstić information content (AvgIpc) is 2.19. The molecular weight excluding hydrogens is 284 g/mol. The van der Waals surface area contributed by atoms with Gasteiger partial charge >= 0.3 is 0 Å². The zero-order valence-corrected chi connectivity index (χ0v) is 12.0. The molecule has 1 aromatic carbocycles. The van der Waals surface area contributed by atoms with E-state index in [9.17, 15) is 0 Å². The van der Waals surface area contributed by atoms with Gasteiger partial charge in [-0.25, -0.2) is 0 Å². The van der Waals surface area contributed by atoms with Gasteiger partial charge in [0.05, 0.1) is 0 Å². The summed E-state index contributed by atoms with van der Waals surface area (Å²) in [6.07, 6.45) is 1.13. The van der Waals surface area contributed by atoms with E-state index in [4.69, 9.17) is 18.0 Å². The van der Waals surface area contributed by atoms with Crippen molar-refractivity contribution in [2.24, 2.45) is 11.7 Å². The van der Waals surface area contributed by atoms with Crippen molar-refractivity contribution in [3.63, 3.8) is 0 Å². The SMILES string of the molecule is CC(C)CCNc1ccc(Br)cc1C(N)=S. The lowest BCUT2D eigenvalue weighted by molar-refractivity contribution is 0.607. The van der Waals surface area contributed by atoms with Crippen LogP contribution >= 0.6 is 28.1 Å². The lowest BCUT2D eigenvalue weighted by Crippen LogP contribution is -2.14. The van der Waals surface area contributed by atoms with Gasteiger partial charge in [-0.3, -0.25) is 0 Å². The van der Waals surface area contributed by atoms with Crippen LogP contribution < -0.4 is 11.1 Å². The van der Waals surface area contributed by atoms with E-state index in [2.05, 4.69) is 35.1 Å². The summed E-state index contributed by atoms with van der Waals surface area (Å²) in [5.74, 6) is 0.691. The molecule has 0 aliphatic heterocycles. The molecule has 0 unspecified atom stereocenters. The van der Waals surface area contributed by atoms with Gasteiger partial charge in [-0.1, -0.05) is 42.0 Å². The van der Waals surface area contributed by atoms with Crippen LogP contribution in [0.2, 0.25) is 0 Å². The van der Waals surface area contributed by atoms with E-state index in [1.165, 1.54) is 0 Å². The smallest absolute Gasteiger partial charge is 0.106 e. The molecule has 0 aliphatic rings. The van der Waals surface area contributed by atoms with Crippen LogP contribution in [0.1, 0.15) is 25.8 Å². The maximum Gasteiger partial charge on any atom is 0.106 e. The predicted octanol–water partition coefficient (Wildman–Crippen LogP) is 3.54. The number of hydrogen-bond donors (Lipinski definition) is 2. The van der Waals surface area contributed by atoms with Crippen molar-refractivity contribution in [2.75, 3.05) is 11.9 Å². The highest BCUT2D eigenvalue weighted by molar-refractivity contribution is 9.10. The van der Waals surface area contributed by atoms with Gasteiger partial charge in [0.2, 0.25) is 0 Å². The van der Waals surface area contributed by atoms with Crippen LogP contribution in [0.3, 0.4) is 0 Å². The van der Waals surface area contributed by atoms with Crippen LogP contribution in [-0.2, 0) is 0 Å². The molecule has 0 radical (unpaired) electrons. The molecule has 0 aromatic heterocycles. The fourth-order valence-electron chi connectivity index (χ4n) is 1.37. The summed E-state index contributed by atoms with van der Waals surface area (Å²) in [5.41, 5.74) is 7.59. The maximum atomic E-state index is 5.69. The van der Waals surface area contributed by atoms with Crippen LogP contribution in [0, 0.1) is 5.92 Å². The van der Waals surface area contributed by atoms with Gasteiger partial charge in [-0.15, -0.1) is 0 Å². The Balaban J connectivity index is 2.75. The quantitative estimate of drug-likeness (QED) is 0.817. The summed E-state index contributed by atoms with van der Waals surface area (Å²) in [7, 11) is 0. The van der Waals surface area contributed by atoms with Crippen LogP contribution in [0.5, 0.6) is 0 Å². The first-order valence-corrected chi connectivity index (χ1v) is 6.54. The number of nitrogens with two attached hydrogens (primary N) is 1. The van der Waals surface area contributed by atoms with Crippen molar-refractivity contribution < 1.29 is 0 Å². The molecule has 1 aromatic rings. The van der Waals surface area contributed by atoms with Crippen molar-refractivity contribution >= 4 is 38.8 Å². The second-order valence-corrected chi connectivity index (χ2v) is 5.52. The van der Waals surface area contributed by atoms with E-state index in [1.807, 2.05) is 18.2 Å². The number of anilines is 1. The molecule has 0 saturated carbocycles. The Hall–Kier alpha value is -0.610. The highest BCUT2D eigenvalue weighted by Gasteiger charge is 2.05. The molecule has 2 nitrogen and oxygen atoms in total. The zero-order chi connectivity index (χ0) is 12.1. The zero-order valence-electron chi connectivity index (χ0n) is 9.59. The molecular formula is C12H17BrN2S. The number of benzene rings is 1. The van der Waals surface area contributed by atoms with E-state index < -0.39 is 0 Å². The Morgan fingerprint density at radius 3 is 2.75 bits per heavy atom. The van der Waals surface area contributed by atoms with E-state index in [1.54, 1.807) is 0 Å². The van der Waals surface area contributed by atoms with Crippen molar-refractivity contribution in [1.29, 1.82) is 0 Å². The van der Waals surface area contributed by atoms with Gasteiger partial charge in [0.25, 0.3) is 0 Å². The molecule has 0 atom stereocenters. The summed E-state index contributed by atoms with van der Waals surface area (Å²) in [6, 6.07) is 5.93. The normalized spacial score (nSPS) is 10.5. The Morgan fingerprint density at radius 2 is 2.19 bits per heavy atom. The van der Waals surface area contributed by atoms with Crippen molar-refractivity contribution in [3.05, 3.63) is 28.2 Å². The van der Waals surface area contributed by atoms with Crippen molar-refractivity contribution in [3.8, 4) is 0 Å². The second kappa shape index (κ2) is 6.21. The van der Waals surface area contributed by atoms with Gasteiger partial charge < -0.3 is 11.1 Å². The van der Waals surface area contributed by atoms with Gasteiger partial charge in [-0.05, 0) is 30.5 Å². The first-order chi connectivity index (χ1) is 7.50. The number of halogens is 1. The van der Waals surface area contributed by atoms with Gasteiger partial charge in [0.15, 0.2) is 0 Å². The average molecular weight is 301 g/mol. The molecule has 1 rings (SSSR count). The molecule has 0 aliphatic carbocycles. The fourth-order valence-corrected chi connectivity index (χ4v) is 1.90. The maximum absolute atomic E-state index is 5.69. The third-order valence-corrected chi connectivity index (χ3v) is 3.00. The highest BCUT2D eigenvalue weighted by atomic mass is 79.9. The predicted molar refractivity (Wildman–Crippen MR) is 78.0 cm³/mol. The first-order valence-electron chi connectivity index (χ1n) is 5.34. The summed E-state index contributed by atoms with van der Waals surface area (Å²) in [4.78, 5) is 0.424. The van der Waals surface area contributed by atoms with Gasteiger partial charge in [-0.2, -0.15) is 0 Å². The molecule has 16 heavy (non-hydrogen) atoms. The first kappa shape index (κ1) is 13.5. The minimum atomic E-state index is 0.424. The van der Waals surface area contributed by atoms with Crippen LogP contribution in [0.4, 0.5) is 5.69 Å². The standard InChI is InChI=1S/C12H17BrN2S/c1-8(2)5-6-15-11-4-3-9(13)7-10(11)12(14)16/h3-4,7-8,15H,5-6H2,1-2H3,(H2,14,16). The number of hydrogen-bond acceptors (Lipinski definition) is 2. The van der Waals surface area contributed by atoms with E-state index in [0.29, 0.717) is 10.9 Å². The minimum absolute atomic E-state index is 0.424. The number of thiocarbonyl (C=S) groups is 1. The summed E-state index contributed by atoms with van der Waals surface area (Å²) < 4.78 is 0.990. The fraction of sp³-hybridized carbons (Fsp3) is 0.417. The Labute approximate surface area is 111 Å². The second-order valence-electron chi connectivity index (χ2n) is 4.16. The summed E-state index contributed by atoms with van der Waals surface area (Å²) in [5, 5.41) is 3.36. The van der Waals surface area contributed by atoms with Gasteiger partial charge in [0.1, 0.15) is 4.99 Å². The van der Waals surface area contributed by atoms with E-state index >= 15 is 0 Å². The minimum Gasteiger partial charge on any atom is -0.389 e. The van der Waals surface area contributed by atoms with Gasteiger partial charge in [0, 0.05) is 22.3 Å².